The van der Waals surface area contributed by atoms with Gasteiger partial charge in [0.25, 0.3) is 5.91 Å². The molecule has 0 unspecified atom stereocenters. The van der Waals surface area contributed by atoms with E-state index in [0.29, 0.717) is 5.82 Å². The van der Waals surface area contributed by atoms with Gasteiger partial charge in [0, 0.05) is 11.4 Å². The number of nitrogens with zero attached hydrogens (tertiary/aromatic N) is 2. The molecule has 3 aromatic rings. The third-order valence-electron chi connectivity index (χ3n) is 3.39. The fourth-order valence-electron chi connectivity index (χ4n) is 2.16. The van der Waals surface area contributed by atoms with Crippen molar-refractivity contribution in [3.05, 3.63) is 78.0 Å². The normalized spacial score (nSPS) is 11.0. The quantitative estimate of drug-likeness (QED) is 0.721. The second-order valence-electron chi connectivity index (χ2n) is 5.33. The number of alkyl halides is 3. The van der Waals surface area contributed by atoms with Crippen molar-refractivity contribution >= 4 is 23.1 Å². The number of rotatable bonds is 4. The number of nitrogens with one attached hydrogen (secondary N) is 2. The Labute approximate surface area is 146 Å². The zero-order valence-corrected chi connectivity index (χ0v) is 13.3. The minimum Gasteiger partial charge on any atom is -0.339 e. The Kier molecular flexibility index (Phi) is 4.83. The number of amides is 1. The molecule has 0 bridgehead atoms. The van der Waals surface area contributed by atoms with E-state index >= 15 is 0 Å². The second-order valence-corrected chi connectivity index (χ2v) is 5.33. The van der Waals surface area contributed by atoms with Gasteiger partial charge in [-0.05, 0) is 42.5 Å². The first kappa shape index (κ1) is 17.4. The molecule has 8 heteroatoms. The average Bonchev–Trinajstić information content (AvgIpc) is 2.63. The van der Waals surface area contributed by atoms with Gasteiger partial charge in [-0.15, -0.1) is 10.2 Å². The summed E-state index contributed by atoms with van der Waals surface area (Å²) in [6.45, 7) is 0. The summed E-state index contributed by atoms with van der Waals surface area (Å²) in [5.74, 6) is -0.213. The van der Waals surface area contributed by atoms with E-state index in [-0.39, 0.29) is 11.4 Å². The maximum Gasteiger partial charge on any atom is 0.416 e. The average molecular weight is 358 g/mol. The molecule has 3 rings (SSSR count). The van der Waals surface area contributed by atoms with Crippen LogP contribution >= 0.6 is 0 Å². The molecule has 26 heavy (non-hydrogen) atoms. The summed E-state index contributed by atoms with van der Waals surface area (Å²) in [6.07, 6.45) is -4.48. The number of benzene rings is 2. The first-order valence-electron chi connectivity index (χ1n) is 7.56. The summed E-state index contributed by atoms with van der Waals surface area (Å²) in [5, 5.41) is 13.1. The van der Waals surface area contributed by atoms with Crippen LogP contribution in [0.3, 0.4) is 0 Å². The van der Waals surface area contributed by atoms with E-state index in [1.807, 2.05) is 30.3 Å². The second kappa shape index (κ2) is 7.22. The third kappa shape index (κ3) is 4.35. The van der Waals surface area contributed by atoms with Crippen LogP contribution in [0.1, 0.15) is 16.1 Å². The minimum absolute atomic E-state index is 0.0129. The molecule has 2 aromatic carbocycles. The Balaban J connectivity index is 1.69. The number of anilines is 3. The summed E-state index contributed by atoms with van der Waals surface area (Å²) in [6, 6.07) is 16.6. The summed E-state index contributed by atoms with van der Waals surface area (Å²) in [4.78, 5) is 12.1. The zero-order chi connectivity index (χ0) is 18.6. The maximum atomic E-state index is 12.7. The van der Waals surface area contributed by atoms with Gasteiger partial charge in [0.15, 0.2) is 11.5 Å². The van der Waals surface area contributed by atoms with E-state index in [0.717, 1.165) is 17.8 Å². The number of hydrogen-bond acceptors (Lipinski definition) is 4. The molecular weight excluding hydrogens is 345 g/mol. The van der Waals surface area contributed by atoms with E-state index < -0.39 is 17.6 Å². The van der Waals surface area contributed by atoms with E-state index in [9.17, 15) is 18.0 Å². The zero-order valence-electron chi connectivity index (χ0n) is 13.3. The molecule has 0 fully saturated rings. The van der Waals surface area contributed by atoms with Crippen molar-refractivity contribution in [2.45, 2.75) is 6.18 Å². The number of carbonyl (C=O) groups is 1. The predicted molar refractivity (Wildman–Crippen MR) is 91.2 cm³/mol. The Bertz CT molecular complexity index is 896. The van der Waals surface area contributed by atoms with Crippen molar-refractivity contribution < 1.29 is 18.0 Å². The van der Waals surface area contributed by atoms with Crippen LogP contribution < -0.4 is 10.6 Å². The van der Waals surface area contributed by atoms with Gasteiger partial charge in [-0.3, -0.25) is 4.79 Å². The largest absolute Gasteiger partial charge is 0.416 e. The highest BCUT2D eigenvalue weighted by molar-refractivity contribution is 6.02. The van der Waals surface area contributed by atoms with Gasteiger partial charge >= 0.3 is 6.18 Å². The maximum absolute atomic E-state index is 12.7. The molecule has 0 spiro atoms. The lowest BCUT2D eigenvalue weighted by Gasteiger charge is -2.10. The Hall–Kier alpha value is -3.42. The van der Waals surface area contributed by atoms with Crippen molar-refractivity contribution in [2.24, 2.45) is 0 Å². The molecule has 0 aliphatic carbocycles. The molecule has 2 N–H and O–H groups in total. The number of halogens is 3. The third-order valence-corrected chi connectivity index (χ3v) is 3.39. The summed E-state index contributed by atoms with van der Waals surface area (Å²) in [7, 11) is 0. The number of carbonyl (C=O) groups excluding carboxylic acids is 1. The van der Waals surface area contributed by atoms with Crippen LogP contribution in [-0.2, 0) is 6.18 Å². The van der Waals surface area contributed by atoms with Gasteiger partial charge in [-0.25, -0.2) is 0 Å². The number of hydrogen-bond donors (Lipinski definition) is 2. The highest BCUT2D eigenvalue weighted by atomic mass is 19.4. The van der Waals surface area contributed by atoms with Gasteiger partial charge in [-0.2, -0.15) is 13.2 Å². The van der Waals surface area contributed by atoms with E-state index in [2.05, 4.69) is 20.8 Å². The topological polar surface area (TPSA) is 66.9 Å². The van der Waals surface area contributed by atoms with Crippen LogP contribution in [0.15, 0.2) is 66.7 Å². The summed E-state index contributed by atoms with van der Waals surface area (Å²) in [5.41, 5.74) is -0.0223. The molecule has 0 atom stereocenters. The fourth-order valence-corrected chi connectivity index (χ4v) is 2.16. The van der Waals surface area contributed by atoms with Gasteiger partial charge in [0.05, 0.1) is 5.56 Å². The monoisotopic (exact) mass is 358 g/mol. The molecule has 132 valence electrons. The molecule has 0 radical (unpaired) electrons. The van der Waals surface area contributed by atoms with Crippen LogP contribution in [0.2, 0.25) is 0 Å². The van der Waals surface area contributed by atoms with Gasteiger partial charge in [0.1, 0.15) is 0 Å². The summed E-state index contributed by atoms with van der Waals surface area (Å²) >= 11 is 0. The molecular formula is C18H13F3N4O. The lowest BCUT2D eigenvalue weighted by atomic mass is 10.2. The highest BCUT2D eigenvalue weighted by Gasteiger charge is 2.30. The lowest BCUT2D eigenvalue weighted by molar-refractivity contribution is -0.137. The van der Waals surface area contributed by atoms with E-state index in [1.165, 1.54) is 18.2 Å². The van der Waals surface area contributed by atoms with Gasteiger partial charge < -0.3 is 10.6 Å². The van der Waals surface area contributed by atoms with E-state index in [4.69, 9.17) is 0 Å². The Morgan fingerprint density at radius 1 is 0.846 bits per heavy atom. The fraction of sp³-hybridized carbons (Fsp3) is 0.0556. The SMILES string of the molecule is O=C(Nc1cccc(C(F)(F)F)c1)c1ccc(Nc2ccccc2)nn1. The molecule has 0 saturated heterocycles. The lowest BCUT2D eigenvalue weighted by Crippen LogP contribution is -2.15. The van der Waals surface area contributed by atoms with Crippen molar-refractivity contribution in [1.82, 2.24) is 10.2 Å². The number of aromatic nitrogens is 2. The highest BCUT2D eigenvalue weighted by Crippen LogP contribution is 2.30. The molecule has 0 aliphatic rings. The van der Waals surface area contributed by atoms with Crippen molar-refractivity contribution in [3.8, 4) is 0 Å². The molecule has 0 saturated carbocycles. The number of para-hydroxylation sites is 1. The molecule has 1 heterocycles. The Morgan fingerprint density at radius 2 is 1.58 bits per heavy atom. The van der Waals surface area contributed by atoms with Crippen LogP contribution in [0.4, 0.5) is 30.4 Å². The van der Waals surface area contributed by atoms with Crippen LogP contribution in [0.25, 0.3) is 0 Å². The van der Waals surface area contributed by atoms with Gasteiger partial charge in [0.2, 0.25) is 0 Å². The Morgan fingerprint density at radius 3 is 2.23 bits per heavy atom. The van der Waals surface area contributed by atoms with Crippen LogP contribution in [0, 0.1) is 0 Å². The first-order chi connectivity index (χ1) is 12.4. The van der Waals surface area contributed by atoms with Gasteiger partial charge in [-0.1, -0.05) is 24.3 Å². The van der Waals surface area contributed by atoms with Crippen molar-refractivity contribution in [3.63, 3.8) is 0 Å². The van der Waals surface area contributed by atoms with Crippen LogP contribution in [-0.4, -0.2) is 16.1 Å². The minimum atomic E-state index is -4.48. The predicted octanol–water partition coefficient (Wildman–Crippen LogP) is 4.49. The van der Waals surface area contributed by atoms with E-state index in [1.54, 1.807) is 6.07 Å². The van der Waals surface area contributed by atoms with Crippen molar-refractivity contribution in [2.75, 3.05) is 10.6 Å². The van der Waals surface area contributed by atoms with Crippen LogP contribution in [0.5, 0.6) is 0 Å². The molecule has 5 nitrogen and oxygen atoms in total. The first-order valence-corrected chi connectivity index (χ1v) is 7.56. The standard InChI is InChI=1S/C18H13F3N4O/c19-18(20,21)12-5-4-8-14(11-12)23-17(26)15-9-10-16(25-24-15)22-13-6-2-1-3-7-13/h1-11H,(H,22,25)(H,23,26). The summed E-state index contributed by atoms with van der Waals surface area (Å²) < 4.78 is 38.1. The smallest absolute Gasteiger partial charge is 0.339 e. The van der Waals surface area contributed by atoms with Crippen molar-refractivity contribution in [1.29, 1.82) is 0 Å². The molecule has 1 aromatic heterocycles. The molecule has 0 aliphatic heterocycles. The molecule has 1 amide bonds.